The molecule has 0 saturated carbocycles. The Bertz CT molecular complexity index is 369. The smallest absolute Gasteiger partial charge is 0.328 e. The van der Waals surface area contributed by atoms with E-state index in [-0.39, 0.29) is 12.0 Å². The molecule has 0 aromatic carbocycles. The van der Waals surface area contributed by atoms with Crippen molar-refractivity contribution in [3.63, 3.8) is 0 Å². The molecule has 0 spiro atoms. The maximum atomic E-state index is 11.4. The summed E-state index contributed by atoms with van der Waals surface area (Å²) >= 11 is 0. The Kier molecular flexibility index (Phi) is 5.26. The molecule has 2 N–H and O–H groups in total. The van der Waals surface area contributed by atoms with Crippen molar-refractivity contribution in [2.75, 3.05) is 23.8 Å². The number of nitrogens with one attached hydrogen (secondary N) is 2. The quantitative estimate of drug-likeness (QED) is 0.740. The first-order valence-corrected chi connectivity index (χ1v) is 5.79. The van der Waals surface area contributed by atoms with Crippen molar-refractivity contribution >= 4 is 17.3 Å². The number of aromatic nitrogens is 1. The van der Waals surface area contributed by atoms with Crippen LogP contribution in [0.15, 0.2) is 18.5 Å². The summed E-state index contributed by atoms with van der Waals surface area (Å²) in [5.74, 6) is -0.263. The van der Waals surface area contributed by atoms with E-state index in [9.17, 15) is 4.79 Å². The molecule has 5 nitrogen and oxygen atoms in total. The number of carbonyl (C=O) groups is 1. The maximum absolute atomic E-state index is 11.4. The highest BCUT2D eigenvalue weighted by Gasteiger charge is 2.13. The highest BCUT2D eigenvalue weighted by Crippen LogP contribution is 2.13. The van der Waals surface area contributed by atoms with Gasteiger partial charge in [-0.3, -0.25) is 4.98 Å². The zero-order chi connectivity index (χ0) is 12.7. The van der Waals surface area contributed by atoms with Crippen LogP contribution in [0.5, 0.6) is 0 Å². The van der Waals surface area contributed by atoms with Crippen molar-refractivity contribution < 1.29 is 9.53 Å². The maximum Gasteiger partial charge on any atom is 0.328 e. The lowest BCUT2D eigenvalue weighted by molar-refractivity contribution is -0.143. The van der Waals surface area contributed by atoms with Gasteiger partial charge in [-0.2, -0.15) is 0 Å². The Hall–Kier alpha value is -1.78. The van der Waals surface area contributed by atoms with Gasteiger partial charge in [-0.15, -0.1) is 0 Å². The number of ether oxygens (including phenoxy) is 1. The highest BCUT2D eigenvalue weighted by molar-refractivity contribution is 5.78. The molecule has 1 rings (SSSR count). The van der Waals surface area contributed by atoms with Crippen LogP contribution in [0.3, 0.4) is 0 Å². The van der Waals surface area contributed by atoms with Crippen LogP contribution in [0.1, 0.15) is 20.8 Å². The van der Waals surface area contributed by atoms with E-state index in [1.54, 1.807) is 26.2 Å². The summed E-state index contributed by atoms with van der Waals surface area (Å²) in [4.78, 5) is 15.5. The van der Waals surface area contributed by atoms with Crippen molar-refractivity contribution in [2.24, 2.45) is 0 Å². The summed E-state index contributed by atoms with van der Waals surface area (Å²) in [5.41, 5.74) is 1.72. The van der Waals surface area contributed by atoms with Gasteiger partial charge in [0, 0.05) is 6.54 Å². The molecule has 94 valence electrons. The minimum atomic E-state index is -0.381. The molecule has 1 aromatic heterocycles. The van der Waals surface area contributed by atoms with Gasteiger partial charge in [0.15, 0.2) is 0 Å². The van der Waals surface area contributed by atoms with Crippen LogP contribution in [0.25, 0.3) is 0 Å². The monoisotopic (exact) mass is 237 g/mol. The van der Waals surface area contributed by atoms with Gasteiger partial charge in [-0.25, -0.2) is 4.79 Å². The van der Waals surface area contributed by atoms with Crippen molar-refractivity contribution in [1.29, 1.82) is 0 Å². The molecule has 0 saturated heterocycles. The molecule has 17 heavy (non-hydrogen) atoms. The van der Waals surface area contributed by atoms with Crippen LogP contribution < -0.4 is 10.6 Å². The number of anilines is 2. The van der Waals surface area contributed by atoms with Gasteiger partial charge in [0.25, 0.3) is 0 Å². The number of esters is 1. The normalized spacial score (nSPS) is 11.7. The number of pyridine rings is 1. The third kappa shape index (κ3) is 4.30. The fraction of sp³-hybridized carbons (Fsp3) is 0.500. The largest absolute Gasteiger partial charge is 0.464 e. The molecular formula is C12H19N3O2. The minimum Gasteiger partial charge on any atom is -0.464 e. The second kappa shape index (κ2) is 6.73. The van der Waals surface area contributed by atoms with Gasteiger partial charge in [0.1, 0.15) is 6.04 Å². The zero-order valence-electron chi connectivity index (χ0n) is 10.5. The number of hydrogen-bond donors (Lipinski definition) is 2. The third-order valence-electron chi connectivity index (χ3n) is 2.14. The number of carbonyl (C=O) groups excluding carboxylic acids is 1. The van der Waals surface area contributed by atoms with E-state index >= 15 is 0 Å². The summed E-state index contributed by atoms with van der Waals surface area (Å²) < 4.78 is 4.92. The van der Waals surface area contributed by atoms with Crippen molar-refractivity contribution in [3.8, 4) is 0 Å². The van der Waals surface area contributed by atoms with E-state index in [4.69, 9.17) is 4.74 Å². The Morgan fingerprint density at radius 3 is 2.76 bits per heavy atom. The number of nitrogens with zero attached hydrogens (tertiary/aromatic N) is 1. The van der Waals surface area contributed by atoms with E-state index in [2.05, 4.69) is 15.6 Å². The summed E-state index contributed by atoms with van der Waals surface area (Å²) in [6, 6.07) is 1.53. The van der Waals surface area contributed by atoms with Gasteiger partial charge >= 0.3 is 5.97 Å². The first kappa shape index (κ1) is 13.3. The molecule has 5 heteroatoms. The molecule has 1 atom stereocenters. The third-order valence-corrected chi connectivity index (χ3v) is 2.14. The van der Waals surface area contributed by atoms with E-state index in [0.717, 1.165) is 17.9 Å². The SMILES string of the molecule is CCNc1cncc(NC(C)C(=O)OCC)c1. The molecule has 1 heterocycles. The van der Waals surface area contributed by atoms with Crippen LogP contribution in [0, 0.1) is 0 Å². The Labute approximate surface area is 102 Å². The molecule has 0 amide bonds. The Balaban J connectivity index is 2.61. The summed E-state index contributed by atoms with van der Waals surface area (Å²) in [6.07, 6.45) is 3.42. The lowest BCUT2D eigenvalue weighted by Gasteiger charge is -2.14. The summed E-state index contributed by atoms with van der Waals surface area (Å²) in [6.45, 7) is 6.79. The minimum absolute atomic E-state index is 0.263. The van der Waals surface area contributed by atoms with Crippen LogP contribution in [0.2, 0.25) is 0 Å². The van der Waals surface area contributed by atoms with Crippen LogP contribution >= 0.6 is 0 Å². The summed E-state index contributed by atoms with van der Waals surface area (Å²) in [7, 11) is 0. The fourth-order valence-electron chi connectivity index (χ4n) is 1.40. The molecular weight excluding hydrogens is 218 g/mol. The molecule has 1 aromatic rings. The first-order chi connectivity index (χ1) is 8.17. The predicted molar refractivity (Wildman–Crippen MR) is 68.1 cm³/mol. The van der Waals surface area contributed by atoms with Crippen molar-refractivity contribution in [2.45, 2.75) is 26.8 Å². The predicted octanol–water partition coefficient (Wildman–Crippen LogP) is 1.88. The fourth-order valence-corrected chi connectivity index (χ4v) is 1.40. The molecule has 0 fully saturated rings. The Morgan fingerprint density at radius 2 is 2.12 bits per heavy atom. The highest BCUT2D eigenvalue weighted by atomic mass is 16.5. The summed E-state index contributed by atoms with van der Waals surface area (Å²) in [5, 5.41) is 6.21. The topological polar surface area (TPSA) is 63.2 Å². The lowest BCUT2D eigenvalue weighted by atomic mass is 10.3. The second-order valence-corrected chi connectivity index (χ2v) is 3.61. The first-order valence-electron chi connectivity index (χ1n) is 5.79. The molecule has 1 unspecified atom stereocenters. The molecule has 0 radical (unpaired) electrons. The average Bonchev–Trinajstić information content (AvgIpc) is 2.30. The van der Waals surface area contributed by atoms with Gasteiger partial charge in [-0.1, -0.05) is 0 Å². The van der Waals surface area contributed by atoms with E-state index in [0.29, 0.717) is 6.61 Å². The zero-order valence-corrected chi connectivity index (χ0v) is 10.5. The van der Waals surface area contributed by atoms with Gasteiger partial charge < -0.3 is 15.4 Å². The van der Waals surface area contributed by atoms with Crippen LogP contribution in [-0.4, -0.2) is 30.1 Å². The molecule has 0 aliphatic heterocycles. The van der Waals surface area contributed by atoms with Gasteiger partial charge in [0.2, 0.25) is 0 Å². The van der Waals surface area contributed by atoms with Crippen LogP contribution in [0.4, 0.5) is 11.4 Å². The average molecular weight is 237 g/mol. The standard InChI is InChI=1S/C12H19N3O2/c1-4-14-10-6-11(8-13-7-10)15-9(3)12(16)17-5-2/h6-9,14-15H,4-5H2,1-3H3. The van der Waals surface area contributed by atoms with Crippen molar-refractivity contribution in [1.82, 2.24) is 4.98 Å². The van der Waals surface area contributed by atoms with Crippen molar-refractivity contribution in [3.05, 3.63) is 18.5 Å². The molecule has 0 bridgehead atoms. The number of rotatable bonds is 6. The van der Waals surface area contributed by atoms with E-state index < -0.39 is 0 Å². The Morgan fingerprint density at radius 1 is 1.41 bits per heavy atom. The van der Waals surface area contributed by atoms with Gasteiger partial charge in [0.05, 0.1) is 30.4 Å². The van der Waals surface area contributed by atoms with Crippen LogP contribution in [-0.2, 0) is 9.53 Å². The van der Waals surface area contributed by atoms with E-state index in [1.165, 1.54) is 0 Å². The van der Waals surface area contributed by atoms with E-state index in [1.807, 2.05) is 13.0 Å². The molecule has 0 aliphatic carbocycles. The molecule has 0 aliphatic rings. The second-order valence-electron chi connectivity index (χ2n) is 3.61. The van der Waals surface area contributed by atoms with Gasteiger partial charge in [-0.05, 0) is 26.8 Å². The lowest BCUT2D eigenvalue weighted by Crippen LogP contribution is -2.28. The number of hydrogen-bond acceptors (Lipinski definition) is 5.